The van der Waals surface area contributed by atoms with Crippen LogP contribution in [0.15, 0.2) is 24.3 Å². The Kier molecular flexibility index (Phi) is 2.81. The standard InChI is InChI=1S/C12H14F3NO/c1-8-7-17-10-6-4-3-5-9(10)11(8,16-2)12(13,14)15/h3-6,8,16H,7H2,1-2H3. The molecule has 2 rings (SSSR count). The van der Waals surface area contributed by atoms with Crippen LogP contribution in [0.2, 0.25) is 0 Å². The smallest absolute Gasteiger partial charge is 0.411 e. The molecule has 2 atom stereocenters. The second kappa shape index (κ2) is 3.91. The van der Waals surface area contributed by atoms with E-state index in [0.717, 1.165) is 0 Å². The van der Waals surface area contributed by atoms with E-state index in [1.54, 1.807) is 25.1 Å². The Bertz CT molecular complexity index is 418. The van der Waals surface area contributed by atoms with E-state index in [0.29, 0.717) is 5.75 Å². The summed E-state index contributed by atoms with van der Waals surface area (Å²) in [5.41, 5.74) is -1.87. The van der Waals surface area contributed by atoms with Gasteiger partial charge in [-0.25, -0.2) is 0 Å². The van der Waals surface area contributed by atoms with E-state index in [2.05, 4.69) is 5.32 Å². The van der Waals surface area contributed by atoms with Crippen LogP contribution >= 0.6 is 0 Å². The summed E-state index contributed by atoms with van der Waals surface area (Å²) in [6.07, 6.45) is -4.36. The molecule has 0 fully saturated rings. The van der Waals surface area contributed by atoms with Gasteiger partial charge in [0.15, 0.2) is 0 Å². The number of nitrogens with one attached hydrogen (secondary N) is 1. The van der Waals surface area contributed by atoms with E-state index in [1.807, 2.05) is 0 Å². The fourth-order valence-electron chi connectivity index (χ4n) is 2.48. The van der Waals surface area contributed by atoms with E-state index in [4.69, 9.17) is 4.74 Å². The Hall–Kier alpha value is -1.23. The zero-order chi connectivity index (χ0) is 12.7. The molecule has 17 heavy (non-hydrogen) atoms. The number of fused-ring (bicyclic) bond motifs is 1. The molecule has 0 aromatic heterocycles. The van der Waals surface area contributed by atoms with Gasteiger partial charge in [0, 0.05) is 11.5 Å². The number of rotatable bonds is 1. The van der Waals surface area contributed by atoms with Gasteiger partial charge in [0.1, 0.15) is 11.3 Å². The Labute approximate surface area is 97.8 Å². The number of hydrogen-bond acceptors (Lipinski definition) is 2. The number of ether oxygens (including phenoxy) is 1. The minimum absolute atomic E-state index is 0.0529. The van der Waals surface area contributed by atoms with Crippen LogP contribution in [-0.2, 0) is 5.54 Å². The lowest BCUT2D eigenvalue weighted by Gasteiger charge is -2.44. The van der Waals surface area contributed by atoms with Gasteiger partial charge >= 0.3 is 6.18 Å². The monoisotopic (exact) mass is 245 g/mol. The number of benzene rings is 1. The highest BCUT2D eigenvalue weighted by Crippen LogP contribution is 2.49. The lowest BCUT2D eigenvalue weighted by atomic mass is 9.76. The molecular weight excluding hydrogens is 231 g/mol. The Morgan fingerprint density at radius 3 is 2.59 bits per heavy atom. The predicted octanol–water partition coefficient (Wildman–Crippen LogP) is 2.69. The van der Waals surface area contributed by atoms with Crippen molar-refractivity contribution in [2.45, 2.75) is 18.6 Å². The van der Waals surface area contributed by atoms with E-state index >= 15 is 0 Å². The fourth-order valence-corrected chi connectivity index (χ4v) is 2.48. The quantitative estimate of drug-likeness (QED) is 0.821. The summed E-state index contributed by atoms with van der Waals surface area (Å²) >= 11 is 0. The second-order valence-electron chi connectivity index (χ2n) is 4.26. The van der Waals surface area contributed by atoms with Crippen molar-refractivity contribution in [1.29, 1.82) is 0 Å². The summed E-state index contributed by atoms with van der Waals surface area (Å²) in [5.74, 6) is -0.375. The lowest BCUT2D eigenvalue weighted by molar-refractivity contribution is -0.221. The van der Waals surface area contributed by atoms with E-state index in [-0.39, 0.29) is 12.2 Å². The molecule has 0 radical (unpaired) electrons. The molecule has 0 saturated carbocycles. The molecule has 1 N–H and O–H groups in total. The van der Waals surface area contributed by atoms with Crippen molar-refractivity contribution >= 4 is 0 Å². The van der Waals surface area contributed by atoms with Gasteiger partial charge in [-0.3, -0.25) is 0 Å². The first-order chi connectivity index (χ1) is 7.93. The molecule has 0 saturated heterocycles. The zero-order valence-corrected chi connectivity index (χ0v) is 9.64. The van der Waals surface area contributed by atoms with Gasteiger partial charge in [-0.2, -0.15) is 13.2 Å². The van der Waals surface area contributed by atoms with E-state index in [1.165, 1.54) is 13.1 Å². The maximum absolute atomic E-state index is 13.4. The average molecular weight is 245 g/mol. The maximum atomic E-state index is 13.4. The first-order valence-corrected chi connectivity index (χ1v) is 5.41. The largest absolute Gasteiger partial charge is 0.493 e. The van der Waals surface area contributed by atoms with Crippen LogP contribution in [-0.4, -0.2) is 19.8 Å². The van der Waals surface area contributed by atoms with Crippen molar-refractivity contribution in [1.82, 2.24) is 5.32 Å². The van der Waals surface area contributed by atoms with Crippen molar-refractivity contribution in [3.8, 4) is 5.75 Å². The van der Waals surface area contributed by atoms with Crippen LogP contribution in [0.4, 0.5) is 13.2 Å². The highest BCUT2D eigenvalue weighted by molar-refractivity contribution is 5.42. The molecule has 1 aliphatic rings. The van der Waals surface area contributed by atoms with Crippen LogP contribution in [0.5, 0.6) is 5.75 Å². The first-order valence-electron chi connectivity index (χ1n) is 5.41. The van der Waals surface area contributed by atoms with Crippen molar-refractivity contribution in [2.24, 2.45) is 5.92 Å². The molecule has 1 aliphatic heterocycles. The van der Waals surface area contributed by atoms with Crippen LogP contribution in [0.3, 0.4) is 0 Å². The summed E-state index contributed by atoms with van der Waals surface area (Å²) in [4.78, 5) is 0. The van der Waals surface area contributed by atoms with E-state index < -0.39 is 17.6 Å². The Morgan fingerprint density at radius 2 is 2.00 bits per heavy atom. The highest BCUT2D eigenvalue weighted by Gasteiger charge is 2.60. The van der Waals surface area contributed by atoms with Crippen molar-refractivity contribution < 1.29 is 17.9 Å². The molecule has 0 bridgehead atoms. The molecule has 2 nitrogen and oxygen atoms in total. The Morgan fingerprint density at radius 1 is 1.35 bits per heavy atom. The van der Waals surface area contributed by atoms with E-state index in [9.17, 15) is 13.2 Å². The average Bonchev–Trinajstić information content (AvgIpc) is 2.27. The number of halogens is 3. The van der Waals surface area contributed by atoms with Crippen LogP contribution in [0, 0.1) is 5.92 Å². The second-order valence-corrected chi connectivity index (χ2v) is 4.26. The highest BCUT2D eigenvalue weighted by atomic mass is 19.4. The third-order valence-corrected chi connectivity index (χ3v) is 3.38. The summed E-state index contributed by atoms with van der Waals surface area (Å²) < 4.78 is 45.6. The molecule has 1 heterocycles. The molecule has 5 heteroatoms. The SMILES string of the molecule is CNC1(C(F)(F)F)c2ccccc2OCC1C. The summed E-state index contributed by atoms with van der Waals surface area (Å²) in [5, 5.41) is 2.46. The van der Waals surface area contributed by atoms with Gasteiger partial charge in [-0.15, -0.1) is 0 Å². The normalized spacial score (nSPS) is 28.4. The number of para-hydroxylation sites is 1. The molecule has 1 aromatic rings. The van der Waals surface area contributed by atoms with Crippen molar-refractivity contribution in [3.63, 3.8) is 0 Å². The fraction of sp³-hybridized carbons (Fsp3) is 0.500. The Balaban J connectivity index is 2.65. The summed E-state index contributed by atoms with van der Waals surface area (Å²) in [6.45, 7) is 1.59. The molecule has 1 aromatic carbocycles. The summed E-state index contributed by atoms with van der Waals surface area (Å²) in [7, 11) is 1.34. The third-order valence-electron chi connectivity index (χ3n) is 3.38. The van der Waals surface area contributed by atoms with Crippen molar-refractivity contribution in [2.75, 3.05) is 13.7 Å². The van der Waals surface area contributed by atoms with Gasteiger partial charge in [0.05, 0.1) is 6.61 Å². The van der Waals surface area contributed by atoms with Crippen LogP contribution < -0.4 is 10.1 Å². The molecular formula is C12H14F3NO. The molecule has 2 unspecified atom stereocenters. The minimum Gasteiger partial charge on any atom is -0.493 e. The van der Waals surface area contributed by atoms with Gasteiger partial charge in [0.25, 0.3) is 0 Å². The number of hydrogen-bond donors (Lipinski definition) is 1. The van der Waals surface area contributed by atoms with Crippen LogP contribution in [0.1, 0.15) is 12.5 Å². The minimum atomic E-state index is -4.36. The van der Waals surface area contributed by atoms with Crippen LogP contribution in [0.25, 0.3) is 0 Å². The first kappa shape index (κ1) is 12.2. The third kappa shape index (κ3) is 1.60. The zero-order valence-electron chi connectivity index (χ0n) is 9.64. The van der Waals surface area contributed by atoms with Gasteiger partial charge in [0.2, 0.25) is 0 Å². The lowest BCUT2D eigenvalue weighted by Crippen LogP contribution is -2.59. The molecule has 0 aliphatic carbocycles. The predicted molar refractivity (Wildman–Crippen MR) is 57.9 cm³/mol. The van der Waals surface area contributed by atoms with Gasteiger partial charge < -0.3 is 10.1 Å². The summed E-state index contributed by atoms with van der Waals surface area (Å²) in [6, 6.07) is 6.30. The van der Waals surface area contributed by atoms with Crippen molar-refractivity contribution in [3.05, 3.63) is 29.8 Å². The molecule has 94 valence electrons. The number of alkyl halides is 3. The van der Waals surface area contributed by atoms with Gasteiger partial charge in [-0.1, -0.05) is 25.1 Å². The molecule has 0 spiro atoms. The maximum Gasteiger partial charge on any atom is 0.411 e. The molecule has 0 amide bonds. The van der Waals surface area contributed by atoms with Gasteiger partial charge in [-0.05, 0) is 13.1 Å². The topological polar surface area (TPSA) is 21.3 Å².